The molecule has 1 aliphatic heterocycles. The van der Waals surface area contributed by atoms with Crippen molar-refractivity contribution in [3.8, 4) is 5.75 Å². The van der Waals surface area contributed by atoms with Gasteiger partial charge in [0, 0.05) is 16.7 Å². The minimum Gasteiger partial charge on any atom is -0.496 e. The number of hydrogen-bond donors (Lipinski definition) is 1. The quantitative estimate of drug-likeness (QED) is 0.342. The summed E-state index contributed by atoms with van der Waals surface area (Å²) in [5, 5.41) is 9.26. The summed E-state index contributed by atoms with van der Waals surface area (Å²) in [4.78, 5) is 24.3. The van der Waals surface area contributed by atoms with Crippen molar-refractivity contribution < 1.29 is 28.6 Å². The molecule has 2 atom stereocenters. The third-order valence-corrected chi connectivity index (χ3v) is 7.17. The van der Waals surface area contributed by atoms with Crippen LogP contribution >= 0.6 is 0 Å². The van der Waals surface area contributed by atoms with E-state index in [2.05, 4.69) is 39.9 Å². The van der Waals surface area contributed by atoms with Gasteiger partial charge in [0.2, 0.25) is 6.29 Å². The van der Waals surface area contributed by atoms with E-state index in [1.165, 1.54) is 5.57 Å². The van der Waals surface area contributed by atoms with Crippen LogP contribution in [0.1, 0.15) is 85.4 Å². The largest absolute Gasteiger partial charge is 0.496 e. The topological polar surface area (TPSA) is 82.1 Å². The molecule has 1 fully saturated rings. The van der Waals surface area contributed by atoms with Crippen LogP contribution in [0.3, 0.4) is 0 Å². The summed E-state index contributed by atoms with van der Waals surface area (Å²) in [6.45, 7) is 12.3. The monoisotopic (exact) mass is 460 g/mol. The van der Waals surface area contributed by atoms with Gasteiger partial charge in [0.1, 0.15) is 5.75 Å². The lowest BCUT2D eigenvalue weighted by molar-refractivity contribution is -0.137. The molecule has 7 heteroatoms. The second kappa shape index (κ2) is 9.39. The van der Waals surface area contributed by atoms with Gasteiger partial charge in [-0.25, -0.2) is 4.79 Å². The number of carbonyl (C=O) groups excluding carboxylic acids is 1. The highest BCUT2D eigenvalue weighted by Crippen LogP contribution is 2.47. The number of carbonyl (C=O) groups is 2. The third kappa shape index (κ3) is 4.78. The number of allylic oxidation sites excluding steroid dienone is 2. The highest BCUT2D eigenvalue weighted by atomic mass is 28.3. The lowest BCUT2D eigenvalue weighted by Gasteiger charge is -2.28. The number of hydrogen-bond acceptors (Lipinski definition) is 5. The molecule has 3 rings (SSSR count). The maximum atomic E-state index is 13.1. The smallest absolute Gasteiger partial charge is 0.341 e. The van der Waals surface area contributed by atoms with Crippen molar-refractivity contribution in [2.24, 2.45) is 5.92 Å². The number of aliphatic carboxylic acids is 1. The Bertz CT molecular complexity index is 941. The van der Waals surface area contributed by atoms with Gasteiger partial charge < -0.3 is 19.0 Å². The van der Waals surface area contributed by atoms with Gasteiger partial charge in [0.25, 0.3) is 0 Å². The molecule has 0 bridgehead atoms. The lowest BCUT2D eigenvalue weighted by Crippen LogP contribution is -2.21. The average Bonchev–Trinajstić information content (AvgIpc) is 3.22. The normalized spacial score (nSPS) is 21.9. The van der Waals surface area contributed by atoms with Crippen LogP contribution in [-0.2, 0) is 25.8 Å². The lowest BCUT2D eigenvalue weighted by atomic mass is 9.76. The maximum Gasteiger partial charge on any atom is 0.341 e. The Morgan fingerprint density at radius 2 is 2.00 bits per heavy atom. The van der Waals surface area contributed by atoms with Crippen molar-refractivity contribution >= 4 is 21.0 Å². The van der Waals surface area contributed by atoms with Crippen LogP contribution < -0.4 is 4.74 Å². The summed E-state index contributed by atoms with van der Waals surface area (Å²) in [7, 11) is 0.210. The molecule has 1 aromatic rings. The molecule has 0 saturated heterocycles. The van der Waals surface area contributed by atoms with Crippen LogP contribution in [0.15, 0.2) is 11.6 Å². The Kier molecular flexibility index (Phi) is 7.20. The van der Waals surface area contributed by atoms with E-state index in [1.807, 2.05) is 6.92 Å². The summed E-state index contributed by atoms with van der Waals surface area (Å²) in [6, 6.07) is 0. The first-order valence-corrected chi connectivity index (χ1v) is 14.2. The SMILES string of the molecule is COc1c(C)c2c(c(C(C)(C)C)c1CC=C1CCC[C@H]1CC(=O)O)C(=O)OC2O[SiH](C)C. The number of carboxylic acids is 1. The van der Waals surface area contributed by atoms with Crippen LogP contribution in [0.2, 0.25) is 13.1 Å². The fraction of sp³-hybridized carbons (Fsp3) is 0.600. The average molecular weight is 461 g/mol. The van der Waals surface area contributed by atoms with Crippen molar-refractivity contribution in [2.45, 2.75) is 84.6 Å². The minimum atomic E-state index is -1.45. The van der Waals surface area contributed by atoms with Crippen LogP contribution in [0.4, 0.5) is 0 Å². The van der Waals surface area contributed by atoms with E-state index < -0.39 is 21.3 Å². The zero-order valence-corrected chi connectivity index (χ0v) is 21.5. The molecule has 1 aromatic carbocycles. The van der Waals surface area contributed by atoms with E-state index in [9.17, 15) is 14.7 Å². The molecule has 1 unspecified atom stereocenters. The Hall–Kier alpha value is -2.12. The number of fused-ring (bicyclic) bond motifs is 1. The molecule has 1 heterocycles. The molecule has 1 aliphatic carbocycles. The predicted molar refractivity (Wildman–Crippen MR) is 126 cm³/mol. The van der Waals surface area contributed by atoms with Gasteiger partial charge in [-0.3, -0.25) is 4.79 Å². The van der Waals surface area contributed by atoms with E-state index in [0.717, 1.165) is 47.3 Å². The highest BCUT2D eigenvalue weighted by Gasteiger charge is 2.42. The Balaban J connectivity index is 2.16. The number of cyclic esters (lactones) is 1. The van der Waals surface area contributed by atoms with E-state index in [1.54, 1.807) is 7.11 Å². The number of ether oxygens (including phenoxy) is 2. The zero-order valence-electron chi connectivity index (χ0n) is 20.3. The van der Waals surface area contributed by atoms with Crippen molar-refractivity contribution in [3.05, 3.63) is 39.5 Å². The Morgan fingerprint density at radius 1 is 1.31 bits per heavy atom. The first-order valence-electron chi connectivity index (χ1n) is 11.5. The molecule has 1 N–H and O–H groups in total. The minimum absolute atomic E-state index is 0.0888. The number of rotatable bonds is 7. The van der Waals surface area contributed by atoms with Gasteiger partial charge in [-0.05, 0) is 62.6 Å². The summed E-state index contributed by atoms with van der Waals surface area (Å²) in [6.07, 6.45) is 5.09. The number of esters is 1. The number of benzene rings is 1. The van der Waals surface area contributed by atoms with Gasteiger partial charge in [-0.15, -0.1) is 0 Å². The standard InChI is InChI=1S/C25H36O6Si/c1-14-19-20(23(28)30-24(19)31-32(6)7)21(25(2,3)4)17(22(14)29-5)12-11-15-9-8-10-16(15)13-18(26)27/h11,16,24,32H,8-10,12-13H2,1-7H3,(H,26,27)/t16-,24?/m0/s1. The summed E-state index contributed by atoms with van der Waals surface area (Å²) in [5.41, 5.74) is 5.06. The first kappa shape index (κ1) is 24.5. The molecule has 176 valence electrons. The second-order valence-corrected chi connectivity index (χ2v) is 12.5. The molecule has 0 radical (unpaired) electrons. The Morgan fingerprint density at radius 3 is 2.56 bits per heavy atom. The van der Waals surface area contributed by atoms with Crippen LogP contribution in [0.25, 0.3) is 0 Å². The number of carboxylic acid groups (broad SMARTS) is 1. The zero-order chi connectivity index (χ0) is 23.8. The first-order chi connectivity index (χ1) is 15.0. The van der Waals surface area contributed by atoms with Crippen molar-refractivity contribution in [1.82, 2.24) is 0 Å². The van der Waals surface area contributed by atoms with Gasteiger partial charge in [0.05, 0.1) is 19.1 Å². The van der Waals surface area contributed by atoms with Gasteiger partial charge in [0.15, 0.2) is 9.04 Å². The molecule has 1 saturated carbocycles. The van der Waals surface area contributed by atoms with Gasteiger partial charge in [-0.1, -0.05) is 32.4 Å². The van der Waals surface area contributed by atoms with E-state index >= 15 is 0 Å². The molecule has 2 aliphatic rings. The van der Waals surface area contributed by atoms with Gasteiger partial charge >= 0.3 is 11.9 Å². The predicted octanol–water partition coefficient (Wildman–Crippen LogP) is 5.21. The molecule has 0 aromatic heterocycles. The molecule has 0 amide bonds. The molecular formula is C25H36O6Si. The van der Waals surface area contributed by atoms with Crippen molar-refractivity contribution in [2.75, 3.05) is 7.11 Å². The molecule has 6 nitrogen and oxygen atoms in total. The third-order valence-electron chi connectivity index (χ3n) is 6.38. The van der Waals surface area contributed by atoms with Crippen LogP contribution in [-0.4, -0.2) is 33.2 Å². The van der Waals surface area contributed by atoms with Gasteiger partial charge in [-0.2, -0.15) is 0 Å². The van der Waals surface area contributed by atoms with Crippen LogP contribution in [0.5, 0.6) is 5.75 Å². The fourth-order valence-electron chi connectivity index (χ4n) is 5.19. The van der Waals surface area contributed by atoms with Crippen molar-refractivity contribution in [1.29, 1.82) is 0 Å². The highest BCUT2D eigenvalue weighted by molar-refractivity contribution is 6.48. The van der Waals surface area contributed by atoms with E-state index in [-0.39, 0.29) is 23.7 Å². The van der Waals surface area contributed by atoms with E-state index in [0.29, 0.717) is 12.0 Å². The molecular weight excluding hydrogens is 424 g/mol. The maximum absolute atomic E-state index is 13.1. The fourth-order valence-corrected chi connectivity index (χ4v) is 5.87. The Labute approximate surface area is 192 Å². The summed E-state index contributed by atoms with van der Waals surface area (Å²) >= 11 is 0. The molecule has 32 heavy (non-hydrogen) atoms. The second-order valence-electron chi connectivity index (χ2n) is 10.1. The van der Waals surface area contributed by atoms with Crippen LogP contribution in [0, 0.1) is 12.8 Å². The number of methoxy groups -OCH3 is 1. The molecule has 0 spiro atoms. The van der Waals surface area contributed by atoms with Crippen molar-refractivity contribution in [3.63, 3.8) is 0 Å². The summed E-state index contributed by atoms with van der Waals surface area (Å²) < 4.78 is 17.6. The van der Waals surface area contributed by atoms with E-state index in [4.69, 9.17) is 13.9 Å². The summed E-state index contributed by atoms with van der Waals surface area (Å²) in [5.74, 6) is -0.248.